The lowest BCUT2D eigenvalue weighted by Gasteiger charge is -2.27. The maximum absolute atomic E-state index is 6.14. The van der Waals surface area contributed by atoms with Crippen LogP contribution in [0.1, 0.15) is 26.7 Å². The van der Waals surface area contributed by atoms with Gasteiger partial charge in [-0.15, -0.1) is 0 Å². The Balaban J connectivity index is 2.00. The summed E-state index contributed by atoms with van der Waals surface area (Å²) in [6, 6.07) is 0.211. The van der Waals surface area contributed by atoms with Crippen LogP contribution < -0.4 is 5.73 Å². The van der Waals surface area contributed by atoms with Gasteiger partial charge in [0.05, 0.1) is 6.26 Å². The molecule has 1 saturated carbocycles. The Labute approximate surface area is 73.8 Å². The van der Waals surface area contributed by atoms with Gasteiger partial charge in [-0.25, -0.2) is 0 Å². The zero-order valence-corrected chi connectivity index (χ0v) is 7.79. The summed E-state index contributed by atoms with van der Waals surface area (Å²) >= 11 is 0. The molecule has 0 aromatic heterocycles. The molecule has 0 bridgehead atoms. The van der Waals surface area contributed by atoms with E-state index in [1.54, 1.807) is 6.26 Å². The quantitative estimate of drug-likeness (QED) is 0.679. The van der Waals surface area contributed by atoms with E-state index in [0.29, 0.717) is 11.3 Å². The second-order valence-corrected chi connectivity index (χ2v) is 4.47. The summed E-state index contributed by atoms with van der Waals surface area (Å²) in [6.45, 7) is 4.42. The number of nitrogens with two attached hydrogens (primary N) is 1. The fourth-order valence-electron chi connectivity index (χ4n) is 1.83. The van der Waals surface area contributed by atoms with Crippen molar-refractivity contribution in [2.45, 2.75) is 38.8 Å². The van der Waals surface area contributed by atoms with Gasteiger partial charge in [0.15, 0.2) is 0 Å². The highest BCUT2D eigenvalue weighted by Gasteiger charge is 2.48. The van der Waals surface area contributed by atoms with E-state index < -0.39 is 0 Å². The molecule has 1 aliphatic heterocycles. The molecule has 68 valence electrons. The maximum Gasteiger partial charge on any atom is 0.119 e. The standard InChI is InChI=1S/C10H17NO/c1-7-3-6-12-8(7)9(11)10(2)4-5-10/h3,6-9H,4-5,11H2,1-2H3/t7?,8?,9-/m0/s1. The lowest BCUT2D eigenvalue weighted by atomic mass is 9.89. The first-order valence-corrected chi connectivity index (χ1v) is 4.71. The topological polar surface area (TPSA) is 35.2 Å². The van der Waals surface area contributed by atoms with E-state index in [1.165, 1.54) is 12.8 Å². The van der Waals surface area contributed by atoms with Crippen LogP contribution in [0.2, 0.25) is 0 Å². The lowest BCUT2D eigenvalue weighted by Crippen LogP contribution is -2.43. The Bertz CT molecular complexity index is 208. The summed E-state index contributed by atoms with van der Waals surface area (Å²) in [7, 11) is 0. The zero-order chi connectivity index (χ0) is 8.77. The molecule has 2 N–H and O–H groups in total. The van der Waals surface area contributed by atoms with Gasteiger partial charge in [0.1, 0.15) is 6.10 Å². The second kappa shape index (κ2) is 2.49. The fraction of sp³-hybridized carbons (Fsp3) is 0.800. The summed E-state index contributed by atoms with van der Waals surface area (Å²) in [5, 5.41) is 0. The maximum atomic E-state index is 6.14. The molecule has 12 heavy (non-hydrogen) atoms. The molecule has 0 aromatic carbocycles. The van der Waals surface area contributed by atoms with Crippen LogP contribution >= 0.6 is 0 Å². The van der Waals surface area contributed by atoms with Crippen molar-refractivity contribution >= 4 is 0 Å². The first-order valence-electron chi connectivity index (χ1n) is 4.71. The van der Waals surface area contributed by atoms with Gasteiger partial charge in [-0.05, 0) is 24.3 Å². The van der Waals surface area contributed by atoms with E-state index in [-0.39, 0.29) is 12.1 Å². The summed E-state index contributed by atoms with van der Waals surface area (Å²) < 4.78 is 5.49. The van der Waals surface area contributed by atoms with Gasteiger partial charge in [0, 0.05) is 12.0 Å². The molecule has 0 spiro atoms. The SMILES string of the molecule is CC1C=COC1[C@H](N)C1(C)CC1. The molecule has 1 fully saturated rings. The molecule has 0 saturated heterocycles. The van der Waals surface area contributed by atoms with E-state index in [4.69, 9.17) is 10.5 Å². The Morgan fingerprint density at radius 3 is 2.67 bits per heavy atom. The van der Waals surface area contributed by atoms with E-state index >= 15 is 0 Å². The Kier molecular flexibility index (Phi) is 1.69. The Hall–Kier alpha value is -0.500. The molecule has 0 amide bonds. The summed E-state index contributed by atoms with van der Waals surface area (Å²) in [4.78, 5) is 0. The van der Waals surface area contributed by atoms with Gasteiger partial charge in [-0.3, -0.25) is 0 Å². The number of hydrogen-bond donors (Lipinski definition) is 1. The molecule has 2 rings (SSSR count). The van der Waals surface area contributed by atoms with Crippen molar-refractivity contribution in [1.82, 2.24) is 0 Å². The molecule has 2 heteroatoms. The molecule has 2 unspecified atom stereocenters. The minimum absolute atomic E-state index is 0.211. The van der Waals surface area contributed by atoms with Crippen LogP contribution in [0.5, 0.6) is 0 Å². The van der Waals surface area contributed by atoms with E-state index in [0.717, 1.165) is 0 Å². The Morgan fingerprint density at radius 2 is 2.25 bits per heavy atom. The third-order valence-electron chi connectivity index (χ3n) is 3.33. The van der Waals surface area contributed by atoms with Crippen molar-refractivity contribution in [3.05, 3.63) is 12.3 Å². The third-order valence-corrected chi connectivity index (χ3v) is 3.33. The highest BCUT2D eigenvalue weighted by atomic mass is 16.5. The highest BCUT2D eigenvalue weighted by Crippen LogP contribution is 2.49. The predicted molar refractivity (Wildman–Crippen MR) is 48.5 cm³/mol. The van der Waals surface area contributed by atoms with E-state index in [2.05, 4.69) is 19.9 Å². The molecular formula is C10H17NO. The van der Waals surface area contributed by atoms with Gasteiger partial charge in [-0.2, -0.15) is 0 Å². The first kappa shape index (κ1) is 8.11. The molecule has 2 nitrogen and oxygen atoms in total. The van der Waals surface area contributed by atoms with Crippen LogP contribution in [0, 0.1) is 11.3 Å². The minimum Gasteiger partial charge on any atom is -0.496 e. The van der Waals surface area contributed by atoms with Crippen LogP contribution in [-0.2, 0) is 4.74 Å². The van der Waals surface area contributed by atoms with Crippen molar-refractivity contribution in [3.8, 4) is 0 Å². The largest absolute Gasteiger partial charge is 0.496 e. The third kappa shape index (κ3) is 1.14. The van der Waals surface area contributed by atoms with Gasteiger partial charge in [0.2, 0.25) is 0 Å². The summed E-state index contributed by atoms with van der Waals surface area (Å²) in [6.07, 6.45) is 6.64. The van der Waals surface area contributed by atoms with Crippen LogP contribution in [0.15, 0.2) is 12.3 Å². The van der Waals surface area contributed by atoms with E-state index in [9.17, 15) is 0 Å². The zero-order valence-electron chi connectivity index (χ0n) is 7.79. The molecule has 1 aliphatic carbocycles. The van der Waals surface area contributed by atoms with Crippen LogP contribution in [0.25, 0.3) is 0 Å². The van der Waals surface area contributed by atoms with Crippen molar-refractivity contribution in [3.63, 3.8) is 0 Å². The van der Waals surface area contributed by atoms with Crippen molar-refractivity contribution in [2.75, 3.05) is 0 Å². The van der Waals surface area contributed by atoms with Crippen molar-refractivity contribution in [2.24, 2.45) is 17.1 Å². The summed E-state index contributed by atoms with van der Waals surface area (Å²) in [5.74, 6) is 0.484. The van der Waals surface area contributed by atoms with E-state index in [1.807, 2.05) is 0 Å². The number of hydrogen-bond acceptors (Lipinski definition) is 2. The first-order chi connectivity index (χ1) is 5.63. The van der Waals surface area contributed by atoms with Gasteiger partial charge >= 0.3 is 0 Å². The second-order valence-electron chi connectivity index (χ2n) is 4.47. The predicted octanol–water partition coefficient (Wildman–Crippen LogP) is 1.66. The van der Waals surface area contributed by atoms with Crippen LogP contribution in [-0.4, -0.2) is 12.1 Å². The van der Waals surface area contributed by atoms with Crippen LogP contribution in [0.4, 0.5) is 0 Å². The molecule has 1 heterocycles. The average Bonchev–Trinajstić information content (AvgIpc) is 2.63. The number of rotatable bonds is 2. The monoisotopic (exact) mass is 167 g/mol. The molecular weight excluding hydrogens is 150 g/mol. The fourth-order valence-corrected chi connectivity index (χ4v) is 1.83. The van der Waals surface area contributed by atoms with Gasteiger partial charge in [0.25, 0.3) is 0 Å². The normalized spacial score (nSPS) is 39.2. The number of ether oxygens (including phenoxy) is 1. The minimum atomic E-state index is 0.211. The van der Waals surface area contributed by atoms with Crippen LogP contribution in [0.3, 0.4) is 0 Å². The molecule has 0 radical (unpaired) electrons. The molecule has 0 aromatic rings. The van der Waals surface area contributed by atoms with Crippen molar-refractivity contribution < 1.29 is 4.74 Å². The molecule has 3 atom stereocenters. The lowest BCUT2D eigenvalue weighted by molar-refractivity contribution is 0.0875. The van der Waals surface area contributed by atoms with Gasteiger partial charge < -0.3 is 10.5 Å². The van der Waals surface area contributed by atoms with Gasteiger partial charge in [-0.1, -0.05) is 13.8 Å². The average molecular weight is 167 g/mol. The Morgan fingerprint density at radius 1 is 1.58 bits per heavy atom. The highest BCUT2D eigenvalue weighted by molar-refractivity contribution is 5.06. The molecule has 2 aliphatic rings. The summed E-state index contributed by atoms with van der Waals surface area (Å²) in [5.41, 5.74) is 6.51. The smallest absolute Gasteiger partial charge is 0.119 e. The van der Waals surface area contributed by atoms with Crippen molar-refractivity contribution in [1.29, 1.82) is 0 Å².